The third kappa shape index (κ3) is 3.85. The third-order valence-corrected chi connectivity index (χ3v) is 2.80. The van der Waals surface area contributed by atoms with Crippen LogP contribution < -0.4 is 0 Å². The fraction of sp³-hybridized carbons (Fsp3) is 1.00. The number of β-amino-alcohol motifs (C(OH)–C–C–N with tert-alkyl or cyclic N) is 1. The van der Waals surface area contributed by atoms with Gasteiger partial charge in [0.1, 0.15) is 0 Å². The maximum atomic E-state index is 9.87. The van der Waals surface area contributed by atoms with Crippen molar-refractivity contribution < 1.29 is 30.6 Å². The van der Waals surface area contributed by atoms with Crippen LogP contribution in [0.5, 0.6) is 0 Å². The maximum Gasteiger partial charge on any atom is 0.225 e. The molecule has 0 aliphatic heterocycles. The molecule has 0 aliphatic rings. The van der Waals surface area contributed by atoms with Crippen LogP contribution in [0.15, 0.2) is 0 Å². The van der Waals surface area contributed by atoms with Crippen molar-refractivity contribution >= 4 is 0 Å². The Labute approximate surface area is 101 Å². The normalized spacial score (nSPS) is 13.4. The van der Waals surface area contributed by atoms with E-state index < -0.39 is 37.9 Å². The van der Waals surface area contributed by atoms with Gasteiger partial charge in [0.15, 0.2) is 0 Å². The molecule has 0 bridgehead atoms. The monoisotopic (exact) mass is 253 g/mol. The molecule has 17 heavy (non-hydrogen) atoms. The first-order chi connectivity index (χ1) is 7.94. The first-order valence-electron chi connectivity index (χ1n) is 5.60. The lowest BCUT2D eigenvalue weighted by Crippen LogP contribution is -2.66. The van der Waals surface area contributed by atoms with Gasteiger partial charge in [-0.15, -0.1) is 0 Å². The number of aliphatic hydroxyl groups excluding tert-OH is 4. The zero-order valence-electron chi connectivity index (χ0n) is 10.1. The minimum Gasteiger partial charge on any atom is -0.395 e. The first-order valence-corrected chi connectivity index (χ1v) is 5.60. The van der Waals surface area contributed by atoms with E-state index in [1.807, 2.05) is 0 Å². The molecule has 0 atom stereocenters. The Morgan fingerprint density at radius 3 is 1.71 bits per heavy atom. The van der Waals surface area contributed by atoms with E-state index >= 15 is 0 Å². The second-order valence-electron chi connectivity index (χ2n) is 4.10. The van der Waals surface area contributed by atoms with Crippen LogP contribution in [0.3, 0.4) is 0 Å². The van der Waals surface area contributed by atoms with Gasteiger partial charge in [-0.2, -0.15) is 0 Å². The summed E-state index contributed by atoms with van der Waals surface area (Å²) < 4.78 is 0. The lowest BCUT2D eigenvalue weighted by Gasteiger charge is -2.46. The lowest BCUT2D eigenvalue weighted by atomic mass is 9.98. The average Bonchev–Trinajstić information content (AvgIpc) is 2.30. The van der Waals surface area contributed by atoms with E-state index in [9.17, 15) is 25.5 Å². The van der Waals surface area contributed by atoms with Gasteiger partial charge in [-0.3, -0.25) is 0 Å². The maximum absolute atomic E-state index is 9.87. The number of nitrogens with zero attached hydrogens (tertiary/aromatic N) is 1. The van der Waals surface area contributed by atoms with Crippen LogP contribution in [0.25, 0.3) is 0 Å². The van der Waals surface area contributed by atoms with Gasteiger partial charge in [0.2, 0.25) is 5.91 Å². The molecule has 7 heteroatoms. The first kappa shape index (κ1) is 16.7. The van der Waals surface area contributed by atoms with Crippen LogP contribution >= 0.6 is 0 Å². The standard InChI is InChI=1S/C10H23NO6/c1-2-3-10(16,17)11(4-5-12)9(6-13,7-14)8-15/h12-17H,2-8H2,1H3. The fourth-order valence-corrected chi connectivity index (χ4v) is 1.77. The Hall–Kier alpha value is -0.280. The largest absolute Gasteiger partial charge is 0.395 e. The summed E-state index contributed by atoms with van der Waals surface area (Å²) in [5.41, 5.74) is -1.58. The van der Waals surface area contributed by atoms with E-state index in [4.69, 9.17) is 5.11 Å². The van der Waals surface area contributed by atoms with E-state index in [1.54, 1.807) is 6.92 Å². The third-order valence-electron chi connectivity index (χ3n) is 2.80. The van der Waals surface area contributed by atoms with Crippen LogP contribution in [0, 0.1) is 0 Å². The van der Waals surface area contributed by atoms with Gasteiger partial charge >= 0.3 is 0 Å². The van der Waals surface area contributed by atoms with Crippen LogP contribution in [0.1, 0.15) is 19.8 Å². The van der Waals surface area contributed by atoms with Crippen molar-refractivity contribution in [1.29, 1.82) is 0 Å². The lowest BCUT2D eigenvalue weighted by molar-refractivity contribution is -0.308. The van der Waals surface area contributed by atoms with Crippen molar-refractivity contribution in [2.24, 2.45) is 0 Å². The van der Waals surface area contributed by atoms with E-state index in [0.29, 0.717) is 6.42 Å². The van der Waals surface area contributed by atoms with Crippen molar-refractivity contribution in [3.63, 3.8) is 0 Å². The molecule has 0 aromatic carbocycles. The minimum absolute atomic E-state index is 0.0330. The summed E-state index contributed by atoms with van der Waals surface area (Å²) in [6.07, 6.45) is 0.419. The molecule has 0 aromatic heterocycles. The van der Waals surface area contributed by atoms with Crippen LogP contribution in [-0.2, 0) is 0 Å². The second-order valence-corrected chi connectivity index (χ2v) is 4.10. The molecule has 0 radical (unpaired) electrons. The Morgan fingerprint density at radius 2 is 1.41 bits per heavy atom. The smallest absolute Gasteiger partial charge is 0.225 e. The molecule has 0 spiro atoms. The molecule has 0 rings (SSSR count). The molecular weight excluding hydrogens is 230 g/mol. The predicted molar refractivity (Wildman–Crippen MR) is 59.9 cm³/mol. The molecule has 0 amide bonds. The Balaban J connectivity index is 5.16. The van der Waals surface area contributed by atoms with Crippen molar-refractivity contribution in [3.8, 4) is 0 Å². The van der Waals surface area contributed by atoms with Crippen LogP contribution in [-0.4, -0.2) is 80.0 Å². The van der Waals surface area contributed by atoms with Crippen molar-refractivity contribution in [2.45, 2.75) is 31.2 Å². The van der Waals surface area contributed by atoms with Gasteiger partial charge in [-0.05, 0) is 6.42 Å². The summed E-state index contributed by atoms with van der Waals surface area (Å²) in [4.78, 5) is 0.920. The molecule has 0 fully saturated rings. The molecular formula is C10H23NO6. The SMILES string of the molecule is CCCC(O)(O)N(CCO)C(CO)(CO)CO. The molecule has 0 aromatic rings. The van der Waals surface area contributed by atoms with E-state index in [0.717, 1.165) is 4.90 Å². The predicted octanol–water partition coefficient (Wildman–Crippen LogP) is -2.57. The second kappa shape index (κ2) is 7.22. The average molecular weight is 253 g/mol. The number of hydrogen-bond acceptors (Lipinski definition) is 7. The minimum atomic E-state index is -2.30. The molecule has 0 aliphatic carbocycles. The summed E-state index contributed by atoms with van der Waals surface area (Å²) in [5, 5.41) is 56.4. The highest BCUT2D eigenvalue weighted by molar-refractivity contribution is 4.92. The van der Waals surface area contributed by atoms with E-state index in [1.165, 1.54) is 0 Å². The highest BCUT2D eigenvalue weighted by atomic mass is 16.5. The summed E-state index contributed by atoms with van der Waals surface area (Å²) in [6.45, 7) is -0.828. The molecule has 0 heterocycles. The van der Waals surface area contributed by atoms with Gasteiger partial charge in [-0.25, -0.2) is 4.90 Å². The molecule has 0 saturated carbocycles. The molecule has 0 saturated heterocycles. The summed E-state index contributed by atoms with van der Waals surface area (Å²) in [7, 11) is 0. The van der Waals surface area contributed by atoms with Crippen molar-refractivity contribution in [3.05, 3.63) is 0 Å². The Bertz CT molecular complexity index is 199. The number of hydrogen-bond donors (Lipinski definition) is 6. The van der Waals surface area contributed by atoms with Gasteiger partial charge in [0.25, 0.3) is 0 Å². The van der Waals surface area contributed by atoms with Gasteiger partial charge in [0, 0.05) is 13.0 Å². The molecule has 7 nitrogen and oxygen atoms in total. The summed E-state index contributed by atoms with van der Waals surface area (Å²) in [5.74, 6) is -2.30. The molecule has 104 valence electrons. The number of rotatable bonds is 9. The fourth-order valence-electron chi connectivity index (χ4n) is 1.77. The molecule has 0 unspecified atom stereocenters. The van der Waals surface area contributed by atoms with E-state index in [-0.39, 0.29) is 13.0 Å². The zero-order chi connectivity index (χ0) is 13.5. The van der Waals surface area contributed by atoms with Crippen molar-refractivity contribution in [2.75, 3.05) is 33.0 Å². The molecule has 6 N–H and O–H groups in total. The Kier molecular flexibility index (Phi) is 7.10. The highest BCUT2D eigenvalue weighted by Gasteiger charge is 2.45. The Morgan fingerprint density at radius 1 is 0.941 bits per heavy atom. The zero-order valence-corrected chi connectivity index (χ0v) is 10.1. The van der Waals surface area contributed by atoms with Gasteiger partial charge in [0.05, 0.1) is 32.0 Å². The van der Waals surface area contributed by atoms with Crippen LogP contribution in [0.4, 0.5) is 0 Å². The summed E-state index contributed by atoms with van der Waals surface area (Å²) in [6, 6.07) is 0. The van der Waals surface area contributed by atoms with E-state index in [2.05, 4.69) is 0 Å². The quantitative estimate of drug-likeness (QED) is 0.250. The van der Waals surface area contributed by atoms with Crippen LogP contribution in [0.2, 0.25) is 0 Å². The summed E-state index contributed by atoms with van der Waals surface area (Å²) >= 11 is 0. The van der Waals surface area contributed by atoms with Gasteiger partial charge in [-0.1, -0.05) is 6.92 Å². The van der Waals surface area contributed by atoms with Gasteiger partial charge < -0.3 is 30.6 Å². The topological polar surface area (TPSA) is 125 Å². The van der Waals surface area contributed by atoms with Crippen molar-refractivity contribution in [1.82, 2.24) is 4.90 Å². The number of aliphatic hydroxyl groups is 6. The highest BCUT2D eigenvalue weighted by Crippen LogP contribution is 2.25.